The van der Waals surface area contributed by atoms with E-state index in [4.69, 9.17) is 0 Å². The summed E-state index contributed by atoms with van der Waals surface area (Å²) in [6, 6.07) is 0. The highest BCUT2D eigenvalue weighted by atomic mass is 32.2. The van der Waals surface area contributed by atoms with Crippen molar-refractivity contribution in [1.29, 1.82) is 0 Å². The predicted octanol–water partition coefficient (Wildman–Crippen LogP) is 2.06. The van der Waals surface area contributed by atoms with Gasteiger partial charge in [-0.1, -0.05) is 6.92 Å². The lowest BCUT2D eigenvalue weighted by Crippen LogP contribution is -1.99. The SMILES string of the molecule is CCC1=NC=CSC1. The van der Waals surface area contributed by atoms with Crippen LogP contribution in [0.15, 0.2) is 16.6 Å². The minimum atomic E-state index is 1.09. The van der Waals surface area contributed by atoms with Crippen LogP contribution in [-0.4, -0.2) is 11.5 Å². The molecule has 8 heavy (non-hydrogen) atoms. The molecule has 44 valence electrons. The summed E-state index contributed by atoms with van der Waals surface area (Å²) in [5, 5.41) is 2.03. The molecule has 1 aliphatic rings. The molecule has 2 heteroatoms. The lowest BCUT2D eigenvalue weighted by atomic mass is 10.3. The first-order valence-electron chi connectivity index (χ1n) is 2.75. The van der Waals surface area contributed by atoms with E-state index >= 15 is 0 Å². The molecular formula is C6H9NS. The van der Waals surface area contributed by atoms with Gasteiger partial charge in [0.2, 0.25) is 0 Å². The van der Waals surface area contributed by atoms with Crippen LogP contribution in [0.3, 0.4) is 0 Å². The van der Waals surface area contributed by atoms with Gasteiger partial charge in [0.15, 0.2) is 0 Å². The molecule has 1 nitrogen and oxygen atoms in total. The van der Waals surface area contributed by atoms with Crippen LogP contribution in [-0.2, 0) is 0 Å². The zero-order valence-electron chi connectivity index (χ0n) is 4.92. The van der Waals surface area contributed by atoms with Gasteiger partial charge in [-0.2, -0.15) is 0 Å². The van der Waals surface area contributed by atoms with E-state index in [1.54, 1.807) is 0 Å². The molecule has 0 aromatic heterocycles. The number of hydrogen-bond donors (Lipinski definition) is 0. The van der Waals surface area contributed by atoms with Gasteiger partial charge in [-0.25, -0.2) is 0 Å². The van der Waals surface area contributed by atoms with Crippen LogP contribution in [0.1, 0.15) is 13.3 Å². The molecular weight excluding hydrogens is 118 g/mol. The molecule has 0 N–H and O–H groups in total. The second-order valence-electron chi connectivity index (χ2n) is 1.65. The summed E-state index contributed by atoms with van der Waals surface area (Å²) in [4.78, 5) is 4.16. The first-order valence-corrected chi connectivity index (χ1v) is 3.80. The lowest BCUT2D eigenvalue weighted by molar-refractivity contribution is 1.25. The van der Waals surface area contributed by atoms with E-state index in [1.807, 2.05) is 23.4 Å². The second kappa shape index (κ2) is 2.92. The zero-order chi connectivity index (χ0) is 5.82. The highest BCUT2D eigenvalue weighted by Gasteiger charge is 1.95. The first kappa shape index (κ1) is 5.89. The summed E-state index contributed by atoms with van der Waals surface area (Å²) in [5.74, 6) is 1.09. The van der Waals surface area contributed by atoms with Crippen LogP contribution in [0.4, 0.5) is 0 Å². The molecule has 0 saturated heterocycles. The van der Waals surface area contributed by atoms with Crippen molar-refractivity contribution in [2.45, 2.75) is 13.3 Å². The Morgan fingerprint density at radius 1 is 1.88 bits per heavy atom. The second-order valence-corrected chi connectivity index (χ2v) is 2.54. The molecule has 0 bridgehead atoms. The lowest BCUT2D eigenvalue weighted by Gasteiger charge is -2.01. The molecule has 0 atom stereocenters. The molecule has 0 amide bonds. The fraction of sp³-hybridized carbons (Fsp3) is 0.500. The van der Waals surface area contributed by atoms with Gasteiger partial charge in [-0.05, 0) is 11.8 Å². The van der Waals surface area contributed by atoms with Crippen molar-refractivity contribution < 1.29 is 0 Å². The predicted molar refractivity (Wildman–Crippen MR) is 39.3 cm³/mol. The summed E-state index contributed by atoms with van der Waals surface area (Å²) in [5.41, 5.74) is 1.30. The van der Waals surface area contributed by atoms with Crippen LogP contribution in [0.5, 0.6) is 0 Å². The molecule has 1 heterocycles. The largest absolute Gasteiger partial charge is 0.264 e. The van der Waals surface area contributed by atoms with Crippen molar-refractivity contribution >= 4 is 17.5 Å². The third kappa shape index (κ3) is 1.37. The zero-order valence-corrected chi connectivity index (χ0v) is 5.74. The summed E-state index contributed by atoms with van der Waals surface area (Å²) in [6.45, 7) is 2.14. The number of aliphatic imine (C=N–C) groups is 1. The van der Waals surface area contributed by atoms with Crippen molar-refractivity contribution in [3.8, 4) is 0 Å². The Hall–Kier alpha value is -0.240. The maximum absolute atomic E-state index is 4.16. The van der Waals surface area contributed by atoms with Gasteiger partial charge in [-0.3, -0.25) is 4.99 Å². The highest BCUT2D eigenvalue weighted by molar-refractivity contribution is 8.02. The maximum Gasteiger partial charge on any atom is 0.0360 e. The Bertz CT molecular complexity index is 126. The van der Waals surface area contributed by atoms with E-state index in [2.05, 4.69) is 11.9 Å². The third-order valence-corrected chi connectivity index (χ3v) is 1.89. The minimum Gasteiger partial charge on any atom is -0.264 e. The van der Waals surface area contributed by atoms with Gasteiger partial charge in [-0.15, -0.1) is 11.8 Å². The van der Waals surface area contributed by atoms with Crippen molar-refractivity contribution in [2.75, 3.05) is 5.75 Å². The van der Waals surface area contributed by atoms with Gasteiger partial charge in [0, 0.05) is 17.7 Å². The van der Waals surface area contributed by atoms with Crippen LogP contribution >= 0.6 is 11.8 Å². The van der Waals surface area contributed by atoms with Crippen molar-refractivity contribution in [1.82, 2.24) is 0 Å². The Balaban J connectivity index is 2.50. The van der Waals surface area contributed by atoms with Crippen molar-refractivity contribution in [3.63, 3.8) is 0 Å². The molecule has 0 fully saturated rings. The highest BCUT2D eigenvalue weighted by Crippen LogP contribution is 2.09. The number of rotatable bonds is 1. The van der Waals surface area contributed by atoms with E-state index in [9.17, 15) is 0 Å². The van der Waals surface area contributed by atoms with Crippen LogP contribution in [0.25, 0.3) is 0 Å². The Morgan fingerprint density at radius 3 is 3.12 bits per heavy atom. The Morgan fingerprint density at radius 2 is 2.75 bits per heavy atom. The number of thioether (sulfide) groups is 1. The molecule has 0 aromatic rings. The average Bonchev–Trinajstić information content (AvgIpc) is 1.90. The molecule has 0 saturated carbocycles. The Kier molecular flexibility index (Phi) is 2.15. The fourth-order valence-electron chi connectivity index (χ4n) is 0.554. The van der Waals surface area contributed by atoms with Gasteiger partial charge in [0.25, 0.3) is 0 Å². The van der Waals surface area contributed by atoms with E-state index in [0.717, 1.165) is 12.2 Å². The number of nitrogens with zero attached hydrogens (tertiary/aromatic N) is 1. The maximum atomic E-state index is 4.16. The van der Waals surface area contributed by atoms with E-state index in [1.165, 1.54) is 5.71 Å². The molecule has 1 aliphatic heterocycles. The molecule has 0 unspecified atom stereocenters. The minimum absolute atomic E-state index is 1.09. The quantitative estimate of drug-likeness (QED) is 0.525. The van der Waals surface area contributed by atoms with E-state index < -0.39 is 0 Å². The first-order chi connectivity index (χ1) is 3.93. The summed E-state index contributed by atoms with van der Waals surface area (Å²) in [7, 11) is 0. The normalized spacial score (nSPS) is 18.4. The topological polar surface area (TPSA) is 12.4 Å². The Labute approximate surface area is 53.9 Å². The van der Waals surface area contributed by atoms with Gasteiger partial charge >= 0.3 is 0 Å². The van der Waals surface area contributed by atoms with Crippen molar-refractivity contribution in [3.05, 3.63) is 11.6 Å². The van der Waals surface area contributed by atoms with Gasteiger partial charge < -0.3 is 0 Å². The van der Waals surface area contributed by atoms with Crippen LogP contribution in [0, 0.1) is 0 Å². The molecule has 0 spiro atoms. The number of hydrogen-bond acceptors (Lipinski definition) is 2. The average molecular weight is 127 g/mol. The standard InChI is InChI=1S/C6H9NS/c1-2-6-5-8-4-3-7-6/h3-4H,2,5H2,1H3. The molecule has 1 rings (SSSR count). The summed E-state index contributed by atoms with van der Waals surface area (Å²) >= 11 is 1.82. The summed E-state index contributed by atoms with van der Waals surface area (Å²) < 4.78 is 0. The van der Waals surface area contributed by atoms with Gasteiger partial charge in [0.05, 0.1) is 0 Å². The molecule has 0 aromatic carbocycles. The van der Waals surface area contributed by atoms with E-state index in [0.29, 0.717) is 0 Å². The summed E-state index contributed by atoms with van der Waals surface area (Å²) in [6.07, 6.45) is 2.96. The monoisotopic (exact) mass is 127 g/mol. The van der Waals surface area contributed by atoms with Crippen LogP contribution in [0.2, 0.25) is 0 Å². The van der Waals surface area contributed by atoms with Gasteiger partial charge in [0.1, 0.15) is 0 Å². The molecule has 0 radical (unpaired) electrons. The van der Waals surface area contributed by atoms with E-state index in [-0.39, 0.29) is 0 Å². The third-order valence-electron chi connectivity index (χ3n) is 1.07. The molecule has 0 aliphatic carbocycles. The fourth-order valence-corrected chi connectivity index (χ4v) is 1.27. The smallest absolute Gasteiger partial charge is 0.0360 e. The van der Waals surface area contributed by atoms with Crippen LogP contribution < -0.4 is 0 Å². The van der Waals surface area contributed by atoms with Crippen molar-refractivity contribution in [2.24, 2.45) is 4.99 Å².